The summed E-state index contributed by atoms with van der Waals surface area (Å²) in [5.41, 5.74) is 1.92. The standard InChI is InChI=1S/C28H27N3O7S/c1-36-21-11-9-20(10-12-21)30-28-31(16-17-4-13-22(37-2)23(14-17)38-3)25(32)15-24(39-28)26(33)29-19-7-5-18(6-8-19)27(34)35/h4-14,24H,15-16H2,1-3H3,(H,29,33)(H,34,35)/t24-/m0/s1. The summed E-state index contributed by atoms with van der Waals surface area (Å²) in [5, 5.41) is 11.5. The number of thioether (sulfide) groups is 1. The largest absolute Gasteiger partial charge is 0.497 e. The van der Waals surface area contributed by atoms with Crippen LogP contribution in [0.25, 0.3) is 0 Å². The molecule has 2 amide bonds. The van der Waals surface area contributed by atoms with E-state index < -0.39 is 11.2 Å². The van der Waals surface area contributed by atoms with Crippen LogP contribution in [-0.2, 0) is 16.1 Å². The van der Waals surface area contributed by atoms with Crippen LogP contribution in [0.2, 0.25) is 0 Å². The van der Waals surface area contributed by atoms with Crippen molar-refractivity contribution in [2.45, 2.75) is 18.2 Å². The summed E-state index contributed by atoms with van der Waals surface area (Å²) in [6.45, 7) is 0.214. The van der Waals surface area contributed by atoms with Crippen molar-refractivity contribution >= 4 is 46.1 Å². The number of benzene rings is 3. The summed E-state index contributed by atoms with van der Waals surface area (Å²) in [6, 6.07) is 18.3. The van der Waals surface area contributed by atoms with Gasteiger partial charge in [0.1, 0.15) is 11.0 Å². The van der Waals surface area contributed by atoms with Crippen molar-refractivity contribution in [1.29, 1.82) is 0 Å². The number of ether oxygens (including phenoxy) is 3. The van der Waals surface area contributed by atoms with E-state index in [0.29, 0.717) is 33.8 Å². The number of nitrogens with one attached hydrogen (secondary N) is 1. The lowest BCUT2D eigenvalue weighted by Crippen LogP contribution is -2.44. The van der Waals surface area contributed by atoms with Gasteiger partial charge in [-0.25, -0.2) is 9.79 Å². The minimum absolute atomic E-state index is 0.0430. The molecule has 1 heterocycles. The van der Waals surface area contributed by atoms with Crippen LogP contribution in [0.4, 0.5) is 11.4 Å². The Labute approximate surface area is 229 Å². The Bertz CT molecular complexity index is 1390. The smallest absolute Gasteiger partial charge is 0.335 e. The summed E-state index contributed by atoms with van der Waals surface area (Å²) in [4.78, 5) is 43.8. The van der Waals surface area contributed by atoms with Gasteiger partial charge in [0.05, 0.1) is 39.1 Å². The molecule has 1 aliphatic heterocycles. The van der Waals surface area contributed by atoms with Gasteiger partial charge >= 0.3 is 5.97 Å². The number of hydrogen-bond donors (Lipinski definition) is 2. The second-order valence-corrected chi connectivity index (χ2v) is 9.61. The lowest BCUT2D eigenvalue weighted by molar-refractivity contribution is -0.129. The molecule has 10 nitrogen and oxygen atoms in total. The Kier molecular flexibility index (Phi) is 8.72. The highest BCUT2D eigenvalue weighted by Crippen LogP contribution is 2.33. The number of aromatic carboxylic acids is 1. The molecule has 0 aliphatic carbocycles. The molecule has 0 aromatic heterocycles. The molecule has 0 saturated carbocycles. The summed E-state index contributed by atoms with van der Waals surface area (Å²) < 4.78 is 15.9. The molecular formula is C28H27N3O7S. The third kappa shape index (κ3) is 6.68. The number of methoxy groups -OCH3 is 3. The van der Waals surface area contributed by atoms with E-state index >= 15 is 0 Å². The van der Waals surface area contributed by atoms with Gasteiger partial charge in [-0.3, -0.25) is 14.5 Å². The number of hydrogen-bond acceptors (Lipinski definition) is 8. The van der Waals surface area contributed by atoms with E-state index in [2.05, 4.69) is 5.32 Å². The van der Waals surface area contributed by atoms with E-state index in [-0.39, 0.29) is 30.3 Å². The zero-order valence-corrected chi connectivity index (χ0v) is 22.4. The predicted octanol–water partition coefficient (Wildman–Crippen LogP) is 4.57. The van der Waals surface area contributed by atoms with Gasteiger partial charge in [-0.15, -0.1) is 0 Å². The highest BCUT2D eigenvalue weighted by molar-refractivity contribution is 8.15. The fourth-order valence-electron chi connectivity index (χ4n) is 3.84. The molecule has 0 unspecified atom stereocenters. The third-order valence-corrected chi connectivity index (χ3v) is 7.11. The molecule has 39 heavy (non-hydrogen) atoms. The average molecular weight is 550 g/mol. The van der Waals surface area contributed by atoms with Crippen molar-refractivity contribution in [3.05, 3.63) is 77.9 Å². The first-order chi connectivity index (χ1) is 18.8. The maximum Gasteiger partial charge on any atom is 0.335 e. The molecule has 2 N–H and O–H groups in total. The number of anilines is 1. The van der Waals surface area contributed by atoms with Gasteiger partial charge in [0.2, 0.25) is 11.8 Å². The summed E-state index contributed by atoms with van der Waals surface area (Å²) in [7, 11) is 4.66. The summed E-state index contributed by atoms with van der Waals surface area (Å²) in [5.74, 6) is 0.0597. The van der Waals surface area contributed by atoms with Crippen LogP contribution in [0, 0.1) is 0 Å². The first-order valence-corrected chi connectivity index (χ1v) is 12.7. The molecule has 1 saturated heterocycles. The molecule has 0 radical (unpaired) electrons. The summed E-state index contributed by atoms with van der Waals surface area (Å²) >= 11 is 1.18. The number of nitrogens with zero attached hydrogens (tertiary/aromatic N) is 2. The number of carboxylic acid groups (broad SMARTS) is 1. The molecule has 1 atom stereocenters. The Morgan fingerprint density at radius 2 is 1.67 bits per heavy atom. The molecule has 1 aliphatic rings. The molecule has 1 fully saturated rings. The van der Waals surface area contributed by atoms with Gasteiger partial charge in [0.25, 0.3) is 0 Å². The quantitative estimate of drug-likeness (QED) is 0.398. The number of amidine groups is 1. The zero-order chi connectivity index (χ0) is 27.9. The lowest BCUT2D eigenvalue weighted by Gasteiger charge is -2.32. The minimum Gasteiger partial charge on any atom is -0.497 e. The maximum atomic E-state index is 13.4. The lowest BCUT2D eigenvalue weighted by atomic mass is 10.1. The minimum atomic E-state index is -1.06. The molecule has 4 rings (SSSR count). The monoisotopic (exact) mass is 549 g/mol. The molecule has 0 bridgehead atoms. The number of carbonyl (C=O) groups excluding carboxylic acids is 2. The number of aliphatic imine (C=N–C) groups is 1. The van der Waals surface area contributed by atoms with Gasteiger partial charge in [0.15, 0.2) is 16.7 Å². The Hall–Kier alpha value is -4.51. The Balaban J connectivity index is 1.60. The molecule has 11 heteroatoms. The average Bonchev–Trinajstić information content (AvgIpc) is 2.95. The van der Waals surface area contributed by atoms with E-state index in [1.54, 1.807) is 62.6 Å². The number of carbonyl (C=O) groups is 3. The van der Waals surface area contributed by atoms with Crippen molar-refractivity contribution in [2.24, 2.45) is 4.99 Å². The molecule has 3 aromatic rings. The third-order valence-electron chi connectivity index (χ3n) is 5.92. The maximum absolute atomic E-state index is 13.4. The first-order valence-electron chi connectivity index (χ1n) is 11.9. The molecule has 202 valence electrons. The normalized spacial score (nSPS) is 16.1. The Morgan fingerprint density at radius 3 is 2.28 bits per heavy atom. The SMILES string of the molecule is COc1ccc(N=C2S[C@H](C(=O)Nc3ccc(C(=O)O)cc3)CC(=O)N2Cc2ccc(OC)c(OC)c2)cc1. The van der Waals surface area contributed by atoms with Crippen LogP contribution in [0.3, 0.4) is 0 Å². The summed E-state index contributed by atoms with van der Waals surface area (Å²) in [6.07, 6.45) is -0.0430. The van der Waals surface area contributed by atoms with Crippen molar-refractivity contribution in [2.75, 3.05) is 26.6 Å². The zero-order valence-electron chi connectivity index (χ0n) is 21.5. The van der Waals surface area contributed by atoms with Gasteiger partial charge in [-0.05, 0) is 66.2 Å². The predicted molar refractivity (Wildman–Crippen MR) is 148 cm³/mol. The molecule has 3 aromatic carbocycles. The number of rotatable bonds is 9. The van der Waals surface area contributed by atoms with Crippen molar-refractivity contribution in [3.8, 4) is 17.2 Å². The van der Waals surface area contributed by atoms with Crippen LogP contribution in [0.15, 0.2) is 71.7 Å². The highest BCUT2D eigenvalue weighted by Gasteiger charge is 2.36. The van der Waals surface area contributed by atoms with Crippen LogP contribution in [-0.4, -0.2) is 59.5 Å². The van der Waals surface area contributed by atoms with E-state index in [1.165, 1.54) is 36.0 Å². The fraction of sp³-hybridized carbons (Fsp3) is 0.214. The highest BCUT2D eigenvalue weighted by atomic mass is 32.2. The molecular weight excluding hydrogens is 522 g/mol. The van der Waals surface area contributed by atoms with E-state index in [9.17, 15) is 14.4 Å². The van der Waals surface area contributed by atoms with Crippen molar-refractivity contribution in [3.63, 3.8) is 0 Å². The van der Waals surface area contributed by atoms with Crippen LogP contribution >= 0.6 is 11.8 Å². The van der Waals surface area contributed by atoms with Crippen molar-refractivity contribution in [1.82, 2.24) is 4.90 Å². The van der Waals surface area contributed by atoms with Crippen LogP contribution in [0.1, 0.15) is 22.3 Å². The second-order valence-electron chi connectivity index (χ2n) is 8.44. The van der Waals surface area contributed by atoms with Crippen LogP contribution < -0.4 is 19.5 Å². The van der Waals surface area contributed by atoms with Gasteiger partial charge in [-0.1, -0.05) is 17.8 Å². The van der Waals surface area contributed by atoms with E-state index in [1.807, 2.05) is 6.07 Å². The number of amides is 2. The Morgan fingerprint density at radius 1 is 0.974 bits per heavy atom. The molecule has 0 spiro atoms. The van der Waals surface area contributed by atoms with E-state index in [4.69, 9.17) is 24.3 Å². The van der Waals surface area contributed by atoms with Crippen LogP contribution in [0.5, 0.6) is 17.2 Å². The van der Waals surface area contributed by atoms with Gasteiger partial charge in [-0.2, -0.15) is 0 Å². The fourth-order valence-corrected chi connectivity index (χ4v) is 4.94. The second kappa shape index (κ2) is 12.4. The van der Waals surface area contributed by atoms with Gasteiger partial charge in [0, 0.05) is 12.1 Å². The van der Waals surface area contributed by atoms with E-state index in [0.717, 1.165) is 5.56 Å². The van der Waals surface area contributed by atoms with Crippen molar-refractivity contribution < 1.29 is 33.7 Å². The number of carboxylic acids is 1. The van der Waals surface area contributed by atoms with Gasteiger partial charge < -0.3 is 24.6 Å². The topological polar surface area (TPSA) is 127 Å². The first kappa shape index (κ1) is 27.5.